The van der Waals surface area contributed by atoms with Crippen LogP contribution in [0.25, 0.3) is 0 Å². The van der Waals surface area contributed by atoms with Crippen molar-refractivity contribution in [3.05, 3.63) is 24.3 Å². The standard InChI is InChI=1S/C9H12BNO4/c1-6(9(12)13)11-8-4-2-3-7(5-8)10(14)15/h2-6,11,14-15H,1H3,(H,12,13)/t6-/m1/s1. The molecule has 1 rings (SSSR count). The molecule has 0 saturated heterocycles. The molecular weight excluding hydrogens is 197 g/mol. The van der Waals surface area contributed by atoms with Crippen LogP contribution < -0.4 is 10.8 Å². The zero-order valence-corrected chi connectivity index (χ0v) is 8.21. The molecule has 6 heteroatoms. The van der Waals surface area contributed by atoms with Crippen molar-refractivity contribution in [2.75, 3.05) is 5.32 Å². The summed E-state index contributed by atoms with van der Waals surface area (Å²) >= 11 is 0. The average Bonchev–Trinajstić information content (AvgIpc) is 2.18. The molecule has 1 atom stereocenters. The quantitative estimate of drug-likeness (QED) is 0.490. The van der Waals surface area contributed by atoms with Gasteiger partial charge in [-0.25, -0.2) is 0 Å². The highest BCUT2D eigenvalue weighted by atomic mass is 16.4. The number of benzene rings is 1. The molecule has 0 bridgehead atoms. The van der Waals surface area contributed by atoms with Crippen LogP contribution in [-0.4, -0.2) is 34.3 Å². The lowest BCUT2D eigenvalue weighted by atomic mass is 9.80. The molecule has 0 amide bonds. The molecule has 0 heterocycles. The molecule has 0 fully saturated rings. The normalized spacial score (nSPS) is 11.9. The second kappa shape index (κ2) is 4.81. The minimum Gasteiger partial charge on any atom is -0.480 e. The van der Waals surface area contributed by atoms with Gasteiger partial charge in [0.1, 0.15) is 6.04 Å². The van der Waals surface area contributed by atoms with Gasteiger partial charge in [0.25, 0.3) is 0 Å². The first-order chi connectivity index (χ1) is 7.00. The van der Waals surface area contributed by atoms with Gasteiger partial charge in [-0.15, -0.1) is 0 Å². The molecule has 15 heavy (non-hydrogen) atoms. The van der Waals surface area contributed by atoms with E-state index >= 15 is 0 Å². The Morgan fingerprint density at radius 3 is 2.67 bits per heavy atom. The predicted molar refractivity (Wildman–Crippen MR) is 57.0 cm³/mol. The lowest BCUT2D eigenvalue weighted by Crippen LogP contribution is -2.31. The summed E-state index contributed by atoms with van der Waals surface area (Å²) < 4.78 is 0. The second-order valence-corrected chi connectivity index (χ2v) is 3.20. The fourth-order valence-corrected chi connectivity index (χ4v) is 1.10. The first kappa shape index (κ1) is 11.5. The van der Waals surface area contributed by atoms with Crippen molar-refractivity contribution in [1.29, 1.82) is 0 Å². The number of carboxylic acid groups (broad SMARTS) is 1. The van der Waals surface area contributed by atoms with Crippen molar-refractivity contribution in [2.45, 2.75) is 13.0 Å². The number of anilines is 1. The molecule has 4 N–H and O–H groups in total. The second-order valence-electron chi connectivity index (χ2n) is 3.20. The summed E-state index contributed by atoms with van der Waals surface area (Å²) in [5.41, 5.74) is 0.855. The Bertz CT molecular complexity index is 356. The zero-order chi connectivity index (χ0) is 11.4. The molecule has 80 valence electrons. The largest absolute Gasteiger partial charge is 0.488 e. The van der Waals surface area contributed by atoms with Crippen molar-refractivity contribution < 1.29 is 19.9 Å². The van der Waals surface area contributed by atoms with Crippen LogP contribution in [-0.2, 0) is 4.79 Å². The Labute approximate surface area is 87.5 Å². The third-order valence-electron chi connectivity index (χ3n) is 1.94. The van der Waals surface area contributed by atoms with Gasteiger partial charge in [0.05, 0.1) is 0 Å². The highest BCUT2D eigenvalue weighted by Crippen LogP contribution is 2.06. The molecule has 0 aliphatic rings. The molecule has 1 aromatic carbocycles. The van der Waals surface area contributed by atoms with Crippen LogP contribution in [0.4, 0.5) is 5.69 Å². The number of hydrogen-bond acceptors (Lipinski definition) is 4. The lowest BCUT2D eigenvalue weighted by molar-refractivity contribution is -0.137. The minimum atomic E-state index is -1.55. The number of nitrogens with one attached hydrogen (secondary N) is 1. The summed E-state index contributed by atoms with van der Waals surface area (Å²) in [6.45, 7) is 1.50. The van der Waals surface area contributed by atoms with Crippen LogP contribution in [0.15, 0.2) is 24.3 Å². The van der Waals surface area contributed by atoms with Crippen LogP contribution in [0.3, 0.4) is 0 Å². The van der Waals surface area contributed by atoms with Gasteiger partial charge < -0.3 is 20.5 Å². The van der Waals surface area contributed by atoms with Crippen LogP contribution in [0.1, 0.15) is 6.92 Å². The van der Waals surface area contributed by atoms with Crippen molar-refractivity contribution in [1.82, 2.24) is 0 Å². The van der Waals surface area contributed by atoms with Crippen molar-refractivity contribution >= 4 is 24.2 Å². The van der Waals surface area contributed by atoms with Gasteiger partial charge in [-0.3, -0.25) is 4.79 Å². The predicted octanol–water partition coefficient (Wildman–Crippen LogP) is -0.749. The molecule has 0 spiro atoms. The number of aliphatic carboxylic acids is 1. The van der Waals surface area contributed by atoms with E-state index in [1.54, 1.807) is 18.2 Å². The van der Waals surface area contributed by atoms with E-state index in [0.717, 1.165) is 0 Å². The summed E-state index contributed by atoms with van der Waals surface area (Å²) in [6.07, 6.45) is 0. The highest BCUT2D eigenvalue weighted by Gasteiger charge is 2.13. The maximum absolute atomic E-state index is 10.6. The highest BCUT2D eigenvalue weighted by molar-refractivity contribution is 6.58. The van der Waals surface area contributed by atoms with Gasteiger partial charge in [-0.2, -0.15) is 0 Å². The van der Waals surface area contributed by atoms with Crippen molar-refractivity contribution in [3.8, 4) is 0 Å². The molecule has 5 nitrogen and oxygen atoms in total. The molecular formula is C9H12BNO4. The number of carbonyl (C=O) groups is 1. The van der Waals surface area contributed by atoms with E-state index in [4.69, 9.17) is 15.2 Å². The molecule has 0 aliphatic heterocycles. The lowest BCUT2D eigenvalue weighted by Gasteiger charge is -2.11. The van der Waals surface area contributed by atoms with E-state index in [0.29, 0.717) is 11.2 Å². The third kappa shape index (κ3) is 3.27. The Kier molecular flexibility index (Phi) is 3.71. The van der Waals surface area contributed by atoms with Crippen LogP contribution in [0, 0.1) is 0 Å². The topological polar surface area (TPSA) is 89.8 Å². The summed E-state index contributed by atoms with van der Waals surface area (Å²) in [6, 6.07) is 5.58. The van der Waals surface area contributed by atoms with Gasteiger partial charge >= 0.3 is 13.1 Å². The van der Waals surface area contributed by atoms with E-state index in [1.165, 1.54) is 13.0 Å². The number of carboxylic acids is 1. The van der Waals surface area contributed by atoms with E-state index in [9.17, 15) is 4.79 Å². The monoisotopic (exact) mass is 209 g/mol. The van der Waals surface area contributed by atoms with Crippen LogP contribution >= 0.6 is 0 Å². The molecule has 0 unspecified atom stereocenters. The summed E-state index contributed by atoms with van der Waals surface area (Å²) in [5, 5.41) is 29.2. The third-order valence-corrected chi connectivity index (χ3v) is 1.94. The minimum absolute atomic E-state index is 0.317. The number of hydrogen-bond donors (Lipinski definition) is 4. The van der Waals surface area contributed by atoms with Gasteiger partial charge in [0.2, 0.25) is 0 Å². The zero-order valence-electron chi connectivity index (χ0n) is 8.21. The Balaban J connectivity index is 2.78. The van der Waals surface area contributed by atoms with E-state index < -0.39 is 19.1 Å². The van der Waals surface area contributed by atoms with Crippen molar-refractivity contribution in [2.24, 2.45) is 0 Å². The van der Waals surface area contributed by atoms with Crippen LogP contribution in [0.5, 0.6) is 0 Å². The SMILES string of the molecule is C[C@@H](Nc1cccc(B(O)O)c1)C(=O)O. The van der Waals surface area contributed by atoms with Gasteiger partial charge in [-0.1, -0.05) is 12.1 Å². The smallest absolute Gasteiger partial charge is 0.480 e. The van der Waals surface area contributed by atoms with E-state index in [2.05, 4.69) is 5.32 Å². The van der Waals surface area contributed by atoms with Gasteiger partial charge in [0.15, 0.2) is 0 Å². The van der Waals surface area contributed by atoms with E-state index in [-0.39, 0.29) is 0 Å². The average molecular weight is 209 g/mol. The molecule has 0 saturated carbocycles. The van der Waals surface area contributed by atoms with Crippen LogP contribution in [0.2, 0.25) is 0 Å². The molecule has 0 aliphatic carbocycles. The summed E-state index contributed by atoms with van der Waals surface area (Å²) in [5.74, 6) is -0.968. The first-order valence-corrected chi connectivity index (χ1v) is 4.46. The summed E-state index contributed by atoms with van der Waals surface area (Å²) in [7, 11) is -1.55. The Morgan fingerprint density at radius 1 is 1.47 bits per heavy atom. The fourth-order valence-electron chi connectivity index (χ4n) is 1.10. The maximum Gasteiger partial charge on any atom is 0.488 e. The maximum atomic E-state index is 10.6. The van der Waals surface area contributed by atoms with E-state index in [1.807, 2.05) is 0 Å². The fraction of sp³-hybridized carbons (Fsp3) is 0.222. The van der Waals surface area contributed by atoms with Gasteiger partial charge in [0, 0.05) is 5.69 Å². The van der Waals surface area contributed by atoms with Gasteiger partial charge in [-0.05, 0) is 24.5 Å². The Morgan fingerprint density at radius 2 is 2.13 bits per heavy atom. The molecule has 1 aromatic rings. The summed E-state index contributed by atoms with van der Waals surface area (Å²) in [4.78, 5) is 10.6. The number of rotatable bonds is 4. The first-order valence-electron chi connectivity index (χ1n) is 4.46. The molecule has 0 aromatic heterocycles. The van der Waals surface area contributed by atoms with Crippen molar-refractivity contribution in [3.63, 3.8) is 0 Å². The Hall–Kier alpha value is -1.53. The molecule has 0 radical (unpaired) electrons.